The molecule has 0 amide bonds. The Morgan fingerprint density at radius 2 is 2.16 bits per heavy atom. The summed E-state index contributed by atoms with van der Waals surface area (Å²) in [6, 6.07) is 5.20. The molecule has 0 aromatic carbocycles. The van der Waals surface area contributed by atoms with Crippen molar-refractivity contribution in [1.29, 1.82) is 5.26 Å². The van der Waals surface area contributed by atoms with Crippen LogP contribution in [-0.2, 0) is 4.74 Å². The predicted octanol–water partition coefficient (Wildman–Crippen LogP) is 1.96. The highest BCUT2D eigenvalue weighted by Gasteiger charge is 2.27. The van der Waals surface area contributed by atoms with Gasteiger partial charge in [-0.3, -0.25) is 4.90 Å². The van der Waals surface area contributed by atoms with Crippen molar-refractivity contribution in [3.05, 3.63) is 23.5 Å². The lowest BCUT2D eigenvalue weighted by Gasteiger charge is -2.40. The lowest BCUT2D eigenvalue weighted by atomic mass is 10.00. The predicted molar refractivity (Wildman–Crippen MR) is 94.5 cm³/mol. The average molecular weight is 340 g/mol. The molecule has 0 radical (unpaired) electrons. The average Bonchev–Trinajstić information content (AvgIpc) is 3.06. The van der Waals surface area contributed by atoms with Gasteiger partial charge < -0.3 is 10.1 Å². The van der Waals surface area contributed by atoms with Crippen molar-refractivity contribution in [2.45, 2.75) is 44.7 Å². The van der Waals surface area contributed by atoms with Crippen LogP contribution in [0, 0.1) is 18.3 Å². The van der Waals surface area contributed by atoms with E-state index in [1.807, 2.05) is 13.0 Å². The number of anilines is 1. The van der Waals surface area contributed by atoms with Gasteiger partial charge in [0.15, 0.2) is 5.65 Å². The zero-order valence-corrected chi connectivity index (χ0v) is 14.6. The standard InChI is InChI=1S/C18H24N6O/c1-13-9-17(24-18(21-13)14(10-19)11-20-24)22-15-3-2-6-23(12-15)16-4-7-25-8-5-16/h9,11,15-16,22H,2-8,12H2,1H3. The molecular weight excluding hydrogens is 316 g/mol. The van der Waals surface area contributed by atoms with Crippen molar-refractivity contribution in [2.75, 3.05) is 31.6 Å². The van der Waals surface area contributed by atoms with E-state index in [0.29, 0.717) is 23.3 Å². The normalized spacial score (nSPS) is 22.8. The fourth-order valence-electron chi connectivity index (χ4n) is 3.98. The van der Waals surface area contributed by atoms with Crippen molar-refractivity contribution in [2.24, 2.45) is 0 Å². The molecule has 1 N–H and O–H groups in total. The number of likely N-dealkylation sites (tertiary alicyclic amines) is 1. The first kappa shape index (κ1) is 16.3. The second-order valence-corrected chi connectivity index (χ2v) is 7.01. The largest absolute Gasteiger partial charge is 0.381 e. The number of piperidine rings is 1. The maximum Gasteiger partial charge on any atom is 0.175 e. The van der Waals surface area contributed by atoms with Gasteiger partial charge in [0.05, 0.1) is 6.20 Å². The third-order valence-corrected chi connectivity index (χ3v) is 5.23. The summed E-state index contributed by atoms with van der Waals surface area (Å²) in [6.07, 6.45) is 6.20. The first-order valence-corrected chi connectivity index (χ1v) is 9.08. The first-order chi connectivity index (χ1) is 12.2. The Hall–Kier alpha value is -2.17. The highest BCUT2D eigenvalue weighted by atomic mass is 16.5. The van der Waals surface area contributed by atoms with E-state index in [-0.39, 0.29) is 0 Å². The topological polar surface area (TPSA) is 78.5 Å². The Kier molecular flexibility index (Phi) is 4.55. The fourth-order valence-corrected chi connectivity index (χ4v) is 3.98. The molecule has 0 aliphatic carbocycles. The highest BCUT2D eigenvalue weighted by molar-refractivity contribution is 5.59. The van der Waals surface area contributed by atoms with E-state index in [1.54, 1.807) is 10.7 Å². The highest BCUT2D eigenvalue weighted by Crippen LogP contribution is 2.23. The Bertz CT molecular complexity index is 789. The van der Waals surface area contributed by atoms with E-state index in [1.165, 1.54) is 13.0 Å². The fraction of sp³-hybridized carbons (Fsp3) is 0.611. The summed E-state index contributed by atoms with van der Waals surface area (Å²) >= 11 is 0. The van der Waals surface area contributed by atoms with Crippen LogP contribution in [0.2, 0.25) is 0 Å². The van der Waals surface area contributed by atoms with Gasteiger partial charge in [-0.05, 0) is 39.2 Å². The molecule has 25 heavy (non-hydrogen) atoms. The van der Waals surface area contributed by atoms with E-state index in [9.17, 15) is 5.26 Å². The van der Waals surface area contributed by atoms with Crippen LogP contribution in [0.25, 0.3) is 5.65 Å². The van der Waals surface area contributed by atoms with Crippen molar-refractivity contribution in [3.8, 4) is 6.07 Å². The lowest BCUT2D eigenvalue weighted by Crippen LogP contribution is -2.49. The van der Waals surface area contributed by atoms with E-state index in [4.69, 9.17) is 4.74 Å². The van der Waals surface area contributed by atoms with Crippen LogP contribution in [0.4, 0.5) is 5.82 Å². The Morgan fingerprint density at radius 3 is 2.96 bits per heavy atom. The number of hydrogen-bond acceptors (Lipinski definition) is 6. The molecule has 2 aromatic rings. The summed E-state index contributed by atoms with van der Waals surface area (Å²) in [6.45, 7) is 5.93. The monoisotopic (exact) mass is 340 g/mol. The van der Waals surface area contributed by atoms with Gasteiger partial charge in [-0.15, -0.1) is 0 Å². The Morgan fingerprint density at radius 1 is 1.32 bits per heavy atom. The van der Waals surface area contributed by atoms with E-state index in [0.717, 1.165) is 50.5 Å². The Labute approximate surface area is 147 Å². The Balaban J connectivity index is 1.52. The molecule has 2 fully saturated rings. The maximum absolute atomic E-state index is 9.23. The zero-order valence-electron chi connectivity index (χ0n) is 14.6. The van der Waals surface area contributed by atoms with Gasteiger partial charge in [-0.1, -0.05) is 0 Å². The zero-order chi connectivity index (χ0) is 17.2. The number of aryl methyl sites for hydroxylation is 1. The molecule has 0 bridgehead atoms. The number of nitriles is 1. The van der Waals surface area contributed by atoms with Gasteiger partial charge in [-0.25, -0.2) is 4.98 Å². The van der Waals surface area contributed by atoms with E-state index in [2.05, 4.69) is 26.4 Å². The minimum absolute atomic E-state index is 0.385. The maximum atomic E-state index is 9.23. The number of aromatic nitrogens is 3. The van der Waals surface area contributed by atoms with Crippen molar-refractivity contribution in [1.82, 2.24) is 19.5 Å². The molecule has 7 nitrogen and oxygen atoms in total. The van der Waals surface area contributed by atoms with Crippen LogP contribution in [0.1, 0.15) is 36.9 Å². The van der Waals surface area contributed by atoms with Crippen LogP contribution in [-0.4, -0.2) is 57.9 Å². The van der Waals surface area contributed by atoms with E-state index >= 15 is 0 Å². The van der Waals surface area contributed by atoms with Gasteiger partial charge in [0.1, 0.15) is 17.5 Å². The SMILES string of the molecule is Cc1cc(NC2CCCN(C3CCOCC3)C2)n2ncc(C#N)c2n1. The third kappa shape index (κ3) is 3.32. The number of hydrogen-bond donors (Lipinski definition) is 1. The summed E-state index contributed by atoms with van der Waals surface area (Å²) in [5.41, 5.74) is 2.03. The molecule has 2 aliphatic rings. The molecule has 2 saturated heterocycles. The molecule has 0 saturated carbocycles. The molecule has 4 rings (SSSR count). The first-order valence-electron chi connectivity index (χ1n) is 9.08. The van der Waals surface area contributed by atoms with E-state index < -0.39 is 0 Å². The van der Waals surface area contributed by atoms with Gasteiger partial charge in [0.2, 0.25) is 0 Å². The van der Waals surface area contributed by atoms with Crippen LogP contribution < -0.4 is 5.32 Å². The molecule has 2 aliphatic heterocycles. The van der Waals surface area contributed by atoms with Crippen molar-refractivity contribution >= 4 is 11.5 Å². The molecule has 0 spiro atoms. The molecule has 1 unspecified atom stereocenters. The summed E-state index contributed by atoms with van der Waals surface area (Å²) in [7, 11) is 0. The smallest absolute Gasteiger partial charge is 0.175 e. The summed E-state index contributed by atoms with van der Waals surface area (Å²) in [4.78, 5) is 7.07. The van der Waals surface area contributed by atoms with Crippen LogP contribution in [0.5, 0.6) is 0 Å². The molecule has 1 atom stereocenters. The van der Waals surface area contributed by atoms with Crippen LogP contribution in [0.15, 0.2) is 12.3 Å². The second kappa shape index (κ2) is 6.98. The van der Waals surface area contributed by atoms with Crippen LogP contribution >= 0.6 is 0 Å². The van der Waals surface area contributed by atoms with Gasteiger partial charge in [0, 0.05) is 43.6 Å². The second-order valence-electron chi connectivity index (χ2n) is 7.01. The number of fused-ring (bicyclic) bond motifs is 1. The molecule has 2 aromatic heterocycles. The van der Waals surface area contributed by atoms with Crippen LogP contribution in [0.3, 0.4) is 0 Å². The van der Waals surface area contributed by atoms with Crippen molar-refractivity contribution < 1.29 is 4.74 Å². The molecule has 7 heteroatoms. The quantitative estimate of drug-likeness (QED) is 0.920. The third-order valence-electron chi connectivity index (χ3n) is 5.23. The lowest BCUT2D eigenvalue weighted by molar-refractivity contribution is 0.0255. The number of rotatable bonds is 3. The minimum Gasteiger partial charge on any atom is -0.381 e. The van der Waals surface area contributed by atoms with Gasteiger partial charge in [-0.2, -0.15) is 14.9 Å². The van der Waals surface area contributed by atoms with Crippen molar-refractivity contribution in [3.63, 3.8) is 0 Å². The summed E-state index contributed by atoms with van der Waals surface area (Å²) in [5.74, 6) is 0.919. The number of nitrogens with one attached hydrogen (secondary N) is 1. The minimum atomic E-state index is 0.385. The number of ether oxygens (including phenoxy) is 1. The van der Waals surface area contributed by atoms with Gasteiger partial charge >= 0.3 is 0 Å². The van der Waals surface area contributed by atoms with Gasteiger partial charge in [0.25, 0.3) is 0 Å². The number of nitrogens with zero attached hydrogens (tertiary/aromatic N) is 5. The molecule has 132 valence electrons. The summed E-state index contributed by atoms with van der Waals surface area (Å²) in [5, 5.41) is 17.2. The molecule has 4 heterocycles. The summed E-state index contributed by atoms with van der Waals surface area (Å²) < 4.78 is 7.25. The molecular formula is C18H24N6O.